The van der Waals surface area contributed by atoms with E-state index in [0.717, 1.165) is 0 Å². The molecule has 0 spiro atoms. The van der Waals surface area contributed by atoms with E-state index in [-0.39, 0.29) is 47.5 Å². The predicted molar refractivity (Wildman–Crippen MR) is 28.8 cm³/mol. The van der Waals surface area contributed by atoms with Crippen molar-refractivity contribution in [2.75, 3.05) is 0 Å². The Labute approximate surface area is 58.6 Å². The van der Waals surface area contributed by atoms with Crippen molar-refractivity contribution >= 4 is 0 Å². The van der Waals surface area contributed by atoms with Crippen LogP contribution in [-0.4, -0.2) is 0 Å². The average molecular weight is 169 g/mol. The molecule has 0 aliphatic heterocycles. The molecule has 0 rings (SSSR count). The van der Waals surface area contributed by atoms with E-state index in [1.165, 1.54) is 0 Å². The van der Waals surface area contributed by atoms with E-state index in [1.54, 1.807) is 0 Å². The van der Waals surface area contributed by atoms with Gasteiger partial charge < -0.3 is 30.8 Å². The van der Waals surface area contributed by atoms with Crippen molar-refractivity contribution in [3.05, 3.63) is 30.8 Å². The van der Waals surface area contributed by atoms with Crippen molar-refractivity contribution in [1.82, 2.24) is 0 Å². The summed E-state index contributed by atoms with van der Waals surface area (Å²) < 4.78 is 7.25. The molecular weight excluding hydrogens is 159 g/mol. The topological polar surface area (TPSA) is 211 Å². The summed E-state index contributed by atoms with van der Waals surface area (Å²) in [4.78, 5) is 0. The molecule has 0 aliphatic rings. The Hall–Kier alpha value is -0.0235. The summed E-state index contributed by atoms with van der Waals surface area (Å²) >= 11 is 0. The summed E-state index contributed by atoms with van der Waals surface area (Å²) in [5.41, 5.74) is 5.75. The van der Waals surface area contributed by atoms with Gasteiger partial charge in [0.1, 0.15) is 0 Å². The van der Waals surface area contributed by atoms with Crippen LogP contribution in [-0.2, 0) is 21.6 Å². The maximum absolute atomic E-state index is 7.25. The fourth-order valence-corrected chi connectivity index (χ4v) is 0. The molecule has 8 heavy (non-hydrogen) atoms. The smallest absolute Gasteiger partial charge is 0 e. The minimum absolute atomic E-state index is 0. The molecule has 0 unspecified atom stereocenters. The maximum atomic E-state index is 7.25. The first-order valence-corrected chi connectivity index (χ1v) is 0.183. The van der Waals surface area contributed by atoms with Crippen molar-refractivity contribution in [3.8, 4) is 0 Å². The van der Waals surface area contributed by atoms with E-state index in [0.29, 0.717) is 0 Å². The van der Waals surface area contributed by atoms with Gasteiger partial charge in [-0.05, 0) is 0 Å². The Morgan fingerprint density at radius 3 is 0.625 bits per heavy atom. The molecule has 0 saturated carbocycles. The van der Waals surface area contributed by atoms with E-state index < -0.39 is 0 Å². The molecule has 59 valence electrons. The van der Waals surface area contributed by atoms with Gasteiger partial charge in [0.2, 0.25) is 0 Å². The number of nitrogens with zero attached hydrogens (tertiary/aromatic N) is 1. The van der Waals surface area contributed by atoms with Crippen LogP contribution in [0.2, 0.25) is 0 Å². The first-order chi connectivity index (χ1) is 1.00. The number of rotatable bonds is 0. The SMILES string of the molecule is N#[O+].[Co].[NH2-].[NH2-].[NH2-].[NH2-].[NH2-]. The van der Waals surface area contributed by atoms with E-state index in [2.05, 4.69) is 0 Å². The van der Waals surface area contributed by atoms with Crippen LogP contribution < -0.4 is 0 Å². The first kappa shape index (κ1) is 407. The molecule has 0 saturated heterocycles. The van der Waals surface area contributed by atoms with Crippen molar-refractivity contribution in [3.63, 3.8) is 0 Å². The Morgan fingerprint density at radius 2 is 0.625 bits per heavy atom. The van der Waals surface area contributed by atoms with Gasteiger partial charge in [0.05, 0.1) is 0 Å². The van der Waals surface area contributed by atoms with Crippen molar-refractivity contribution < 1.29 is 21.6 Å². The molecule has 0 aromatic carbocycles. The van der Waals surface area contributed by atoms with Crippen LogP contribution in [0.1, 0.15) is 0 Å². The molecule has 0 aliphatic carbocycles. The second kappa shape index (κ2) is 451000. The van der Waals surface area contributed by atoms with Crippen LogP contribution in [0.5, 0.6) is 0 Å². The van der Waals surface area contributed by atoms with Gasteiger partial charge in [0.15, 0.2) is 0 Å². The minimum atomic E-state index is 0. The van der Waals surface area contributed by atoms with Gasteiger partial charge in [-0.15, -0.1) is 0 Å². The maximum Gasteiger partial charge on any atom is 0 e. The molecule has 0 fully saturated rings. The summed E-state index contributed by atoms with van der Waals surface area (Å²) in [6.07, 6.45) is 0. The average Bonchev–Trinajstić information content (AvgIpc) is 1.00. The molecule has 0 bridgehead atoms. The quantitative estimate of drug-likeness (QED) is 0.488. The van der Waals surface area contributed by atoms with Crippen LogP contribution in [0, 0.1) is 5.46 Å². The Bertz CT molecular complexity index is 13.2. The van der Waals surface area contributed by atoms with Gasteiger partial charge in [-0.2, -0.15) is 0 Å². The van der Waals surface area contributed by atoms with Gasteiger partial charge >= 0.3 is 10.2 Å². The van der Waals surface area contributed by atoms with E-state index in [4.69, 9.17) is 10.2 Å². The molecule has 7 nitrogen and oxygen atoms in total. The number of nitrogens with two attached hydrogens (primary N) is 5. The fourth-order valence-electron chi connectivity index (χ4n) is 0. The van der Waals surface area contributed by atoms with Crippen LogP contribution in [0.3, 0.4) is 0 Å². The monoisotopic (exact) mass is 169 g/mol. The summed E-state index contributed by atoms with van der Waals surface area (Å²) in [5.74, 6) is 0. The van der Waals surface area contributed by atoms with E-state index in [9.17, 15) is 0 Å². The van der Waals surface area contributed by atoms with Crippen LogP contribution in [0.4, 0.5) is 0 Å². The van der Waals surface area contributed by atoms with Gasteiger partial charge in [0.25, 0.3) is 0 Å². The van der Waals surface area contributed by atoms with Crippen LogP contribution in [0.15, 0.2) is 0 Å². The van der Waals surface area contributed by atoms with Crippen LogP contribution >= 0.6 is 0 Å². The van der Waals surface area contributed by atoms with Gasteiger partial charge in [-0.25, -0.2) is 0 Å². The third-order valence-corrected chi connectivity index (χ3v) is 0. The predicted octanol–water partition coefficient (Wildman–Crippen LogP) is 3.48. The fraction of sp³-hybridized carbons (Fsp3) is 0. The Morgan fingerprint density at radius 1 is 0.625 bits per heavy atom. The number of hydrogen-bond acceptors (Lipinski definition) is 1. The van der Waals surface area contributed by atoms with Gasteiger partial charge in [-0.3, -0.25) is 0 Å². The molecular formula is H10CoN6O-4. The molecule has 10 N–H and O–H groups in total. The molecule has 0 aromatic rings. The van der Waals surface area contributed by atoms with E-state index >= 15 is 0 Å². The van der Waals surface area contributed by atoms with Gasteiger partial charge in [0, 0.05) is 16.8 Å². The third kappa shape index (κ3) is 268000. The first-order valence-electron chi connectivity index (χ1n) is 0.183. The second-order valence-corrected chi connectivity index (χ2v) is 0. The minimum Gasteiger partial charge on any atom is -0.693 e. The van der Waals surface area contributed by atoms with Crippen LogP contribution in [0.25, 0.3) is 30.8 Å². The molecule has 0 amide bonds. The van der Waals surface area contributed by atoms with Crippen molar-refractivity contribution in [2.24, 2.45) is 0 Å². The zero-order valence-electron chi connectivity index (χ0n) is 4.08. The molecule has 8 heteroatoms. The number of hydrogen-bond donors (Lipinski definition) is 0. The summed E-state index contributed by atoms with van der Waals surface area (Å²) in [5, 5.41) is 0. The summed E-state index contributed by atoms with van der Waals surface area (Å²) in [6.45, 7) is 0. The molecule has 0 atom stereocenters. The standard InChI is InChI=1S/Co.NO.5H2N/c;1-2;;;;;/h;;5*1H2/q;+1;5*-1. The Kier molecular flexibility index (Phi) is 23000000. The zero-order chi connectivity index (χ0) is 2.00. The van der Waals surface area contributed by atoms with E-state index in [1.807, 2.05) is 0 Å². The zero-order valence-corrected chi connectivity index (χ0v) is 5.12. The largest absolute Gasteiger partial charge is 0.693 e. The second-order valence-electron chi connectivity index (χ2n) is 0. The third-order valence-electron chi connectivity index (χ3n) is 0. The molecule has 0 heterocycles. The summed E-state index contributed by atoms with van der Waals surface area (Å²) in [7, 11) is 0. The molecule has 0 aromatic heterocycles. The Balaban J connectivity index is -0.000000000333. The normalized spacial score (nSPS) is 0.250. The van der Waals surface area contributed by atoms with Crippen molar-refractivity contribution in [2.45, 2.75) is 0 Å². The molecule has 1 radical (unpaired) electrons. The van der Waals surface area contributed by atoms with Crippen molar-refractivity contribution in [1.29, 1.82) is 5.46 Å². The van der Waals surface area contributed by atoms with Gasteiger partial charge in [-0.1, -0.05) is 0 Å². The summed E-state index contributed by atoms with van der Waals surface area (Å²) in [6, 6.07) is 0.